The van der Waals surface area contributed by atoms with Crippen LogP contribution in [0.15, 0.2) is 30.6 Å². The van der Waals surface area contributed by atoms with E-state index in [1.54, 1.807) is 23.0 Å². The van der Waals surface area contributed by atoms with Crippen molar-refractivity contribution in [1.29, 1.82) is 0 Å². The largest absolute Gasteiger partial charge is 0.478 e. The van der Waals surface area contributed by atoms with Gasteiger partial charge in [0.2, 0.25) is 0 Å². The molecule has 1 N–H and O–H groups in total. The summed E-state index contributed by atoms with van der Waals surface area (Å²) < 4.78 is 3.52. The van der Waals surface area contributed by atoms with Gasteiger partial charge in [-0.05, 0) is 30.7 Å². The highest BCUT2D eigenvalue weighted by atomic mass is 16.4. The fourth-order valence-electron chi connectivity index (χ4n) is 2.05. The lowest BCUT2D eigenvalue weighted by Crippen LogP contribution is -2.09. The molecule has 0 saturated heterocycles. The van der Waals surface area contributed by atoms with Gasteiger partial charge in [0.15, 0.2) is 0 Å². The normalized spacial score (nSPS) is 11.1. The number of fused-ring (bicyclic) bond motifs is 1. The van der Waals surface area contributed by atoms with Crippen LogP contribution in [0.5, 0.6) is 0 Å². The number of aryl methyl sites for hydroxylation is 3. The summed E-state index contributed by atoms with van der Waals surface area (Å²) in [6.07, 6.45) is 3.74. The third-order valence-electron chi connectivity index (χ3n) is 3.06. The number of benzene rings is 1. The minimum Gasteiger partial charge on any atom is -0.478 e. The zero-order valence-corrected chi connectivity index (χ0v) is 10.9. The van der Waals surface area contributed by atoms with Crippen LogP contribution in [-0.4, -0.2) is 35.9 Å². The first-order valence-electron chi connectivity index (χ1n) is 6.19. The zero-order valence-electron chi connectivity index (χ0n) is 10.9. The molecule has 20 heavy (non-hydrogen) atoms. The Morgan fingerprint density at radius 3 is 2.90 bits per heavy atom. The average molecular weight is 271 g/mol. The van der Waals surface area contributed by atoms with E-state index in [1.807, 2.05) is 17.8 Å². The van der Waals surface area contributed by atoms with Gasteiger partial charge in [-0.1, -0.05) is 5.21 Å². The van der Waals surface area contributed by atoms with Crippen LogP contribution in [0.1, 0.15) is 15.9 Å². The van der Waals surface area contributed by atoms with Crippen LogP contribution in [0.2, 0.25) is 0 Å². The average Bonchev–Trinajstić information content (AvgIpc) is 3.02. The Hall–Kier alpha value is -2.70. The summed E-state index contributed by atoms with van der Waals surface area (Å²) in [5, 5.41) is 21.3. The number of nitrogens with zero attached hydrogens (tertiary/aromatic N) is 5. The fraction of sp³-hybridized carbons (Fsp3) is 0.231. The number of aromatic carboxylic acids is 1. The van der Waals surface area contributed by atoms with Gasteiger partial charge in [0.1, 0.15) is 5.52 Å². The van der Waals surface area contributed by atoms with Gasteiger partial charge in [-0.2, -0.15) is 5.10 Å². The van der Waals surface area contributed by atoms with Crippen molar-refractivity contribution < 1.29 is 9.90 Å². The van der Waals surface area contributed by atoms with Crippen LogP contribution in [-0.2, 0) is 13.1 Å². The molecule has 7 heteroatoms. The first kappa shape index (κ1) is 12.3. The monoisotopic (exact) mass is 271 g/mol. The van der Waals surface area contributed by atoms with Crippen LogP contribution >= 0.6 is 0 Å². The maximum Gasteiger partial charge on any atom is 0.335 e. The standard InChI is InChI=1S/C13H13N5O2/c1-9-7-14-17(8-9)4-5-18-12-6-10(13(19)20)2-3-11(12)15-16-18/h2-3,6-8H,4-5H2,1H3,(H,19,20). The Balaban J connectivity index is 1.87. The smallest absolute Gasteiger partial charge is 0.335 e. The summed E-state index contributed by atoms with van der Waals surface area (Å²) >= 11 is 0. The van der Waals surface area contributed by atoms with Crippen LogP contribution < -0.4 is 0 Å². The number of aromatic nitrogens is 5. The number of carboxylic acids is 1. The van der Waals surface area contributed by atoms with Crippen molar-refractivity contribution in [3.05, 3.63) is 41.7 Å². The summed E-state index contributed by atoms with van der Waals surface area (Å²) in [6, 6.07) is 4.78. The van der Waals surface area contributed by atoms with Gasteiger partial charge in [0.25, 0.3) is 0 Å². The van der Waals surface area contributed by atoms with E-state index in [-0.39, 0.29) is 5.56 Å². The van der Waals surface area contributed by atoms with Crippen molar-refractivity contribution in [3.63, 3.8) is 0 Å². The van der Waals surface area contributed by atoms with Crippen molar-refractivity contribution in [2.24, 2.45) is 0 Å². The van der Waals surface area contributed by atoms with Crippen molar-refractivity contribution >= 4 is 17.0 Å². The Kier molecular flexibility index (Phi) is 2.94. The maximum absolute atomic E-state index is 11.0. The molecule has 3 aromatic rings. The van der Waals surface area contributed by atoms with Gasteiger partial charge in [0.05, 0.1) is 30.4 Å². The van der Waals surface area contributed by atoms with Crippen molar-refractivity contribution in [2.75, 3.05) is 0 Å². The number of carbonyl (C=O) groups is 1. The molecule has 0 radical (unpaired) electrons. The Bertz CT molecular complexity index is 774. The molecule has 0 aliphatic rings. The molecular weight excluding hydrogens is 258 g/mol. The molecule has 3 rings (SSSR count). The molecular formula is C13H13N5O2. The molecule has 7 nitrogen and oxygen atoms in total. The van der Waals surface area contributed by atoms with E-state index < -0.39 is 5.97 Å². The predicted molar refractivity (Wildman–Crippen MR) is 71.5 cm³/mol. The summed E-state index contributed by atoms with van der Waals surface area (Å²) in [7, 11) is 0. The topological polar surface area (TPSA) is 85.8 Å². The Morgan fingerprint density at radius 2 is 2.20 bits per heavy atom. The van der Waals surface area contributed by atoms with Crippen LogP contribution in [0.4, 0.5) is 0 Å². The summed E-state index contributed by atoms with van der Waals surface area (Å²) in [4.78, 5) is 11.0. The Morgan fingerprint density at radius 1 is 1.35 bits per heavy atom. The SMILES string of the molecule is Cc1cnn(CCn2nnc3ccc(C(=O)O)cc32)c1. The molecule has 0 unspecified atom stereocenters. The van der Waals surface area contributed by atoms with Gasteiger partial charge < -0.3 is 5.11 Å². The van der Waals surface area contributed by atoms with E-state index in [0.29, 0.717) is 24.1 Å². The number of carboxylic acid groups (broad SMARTS) is 1. The molecule has 0 aliphatic heterocycles. The molecule has 0 bridgehead atoms. The maximum atomic E-state index is 11.0. The predicted octanol–water partition coefficient (Wildman–Crippen LogP) is 1.33. The summed E-state index contributed by atoms with van der Waals surface area (Å²) in [5.74, 6) is -0.956. The van der Waals surface area contributed by atoms with E-state index in [4.69, 9.17) is 5.11 Å². The van der Waals surface area contributed by atoms with E-state index >= 15 is 0 Å². The second-order valence-corrected chi connectivity index (χ2v) is 4.60. The van der Waals surface area contributed by atoms with Crippen LogP contribution in [0, 0.1) is 6.92 Å². The van der Waals surface area contributed by atoms with E-state index in [0.717, 1.165) is 5.56 Å². The first-order valence-corrected chi connectivity index (χ1v) is 6.19. The quantitative estimate of drug-likeness (QED) is 0.773. The van der Waals surface area contributed by atoms with Gasteiger partial charge in [-0.3, -0.25) is 4.68 Å². The van der Waals surface area contributed by atoms with E-state index in [2.05, 4.69) is 15.4 Å². The highest BCUT2D eigenvalue weighted by Gasteiger charge is 2.09. The van der Waals surface area contributed by atoms with Crippen molar-refractivity contribution in [1.82, 2.24) is 24.8 Å². The third kappa shape index (κ3) is 2.25. The summed E-state index contributed by atoms with van der Waals surface area (Å²) in [5.41, 5.74) is 2.73. The fourth-order valence-corrected chi connectivity index (χ4v) is 2.05. The van der Waals surface area contributed by atoms with Crippen LogP contribution in [0.25, 0.3) is 11.0 Å². The summed E-state index contributed by atoms with van der Waals surface area (Å²) in [6.45, 7) is 3.22. The first-order chi connectivity index (χ1) is 9.63. The zero-order chi connectivity index (χ0) is 14.1. The lowest BCUT2D eigenvalue weighted by molar-refractivity contribution is 0.0697. The molecule has 0 saturated carbocycles. The molecule has 0 amide bonds. The van der Waals surface area contributed by atoms with E-state index in [1.165, 1.54) is 6.07 Å². The molecule has 1 aromatic carbocycles. The molecule has 0 atom stereocenters. The number of hydrogen-bond acceptors (Lipinski definition) is 4. The van der Waals surface area contributed by atoms with Gasteiger partial charge >= 0.3 is 5.97 Å². The Labute approximate surface area is 114 Å². The lowest BCUT2D eigenvalue weighted by Gasteiger charge is -2.03. The van der Waals surface area contributed by atoms with Crippen LogP contribution in [0.3, 0.4) is 0 Å². The number of rotatable bonds is 4. The molecule has 102 valence electrons. The third-order valence-corrected chi connectivity index (χ3v) is 3.06. The second-order valence-electron chi connectivity index (χ2n) is 4.60. The minimum absolute atomic E-state index is 0.232. The van der Waals surface area contributed by atoms with Crippen molar-refractivity contribution in [3.8, 4) is 0 Å². The number of hydrogen-bond donors (Lipinski definition) is 1. The molecule has 0 spiro atoms. The van der Waals surface area contributed by atoms with Gasteiger partial charge in [-0.15, -0.1) is 5.10 Å². The highest BCUT2D eigenvalue weighted by molar-refractivity contribution is 5.92. The lowest BCUT2D eigenvalue weighted by atomic mass is 10.2. The highest BCUT2D eigenvalue weighted by Crippen LogP contribution is 2.13. The molecule has 0 aliphatic carbocycles. The second kappa shape index (κ2) is 4.76. The van der Waals surface area contributed by atoms with Gasteiger partial charge in [-0.25, -0.2) is 9.48 Å². The molecule has 0 fully saturated rings. The van der Waals surface area contributed by atoms with E-state index in [9.17, 15) is 4.79 Å². The van der Waals surface area contributed by atoms with Crippen molar-refractivity contribution in [2.45, 2.75) is 20.0 Å². The molecule has 2 aromatic heterocycles. The molecule has 2 heterocycles. The van der Waals surface area contributed by atoms with Gasteiger partial charge in [0, 0.05) is 6.20 Å². The minimum atomic E-state index is -0.956.